The maximum absolute atomic E-state index is 13.4. The van der Waals surface area contributed by atoms with Gasteiger partial charge in [0.15, 0.2) is 35.4 Å². The summed E-state index contributed by atoms with van der Waals surface area (Å²) >= 11 is 0. The third kappa shape index (κ3) is 28.9. The van der Waals surface area contributed by atoms with Crippen molar-refractivity contribution >= 4 is 116 Å². The number of benzene rings is 1. The summed E-state index contributed by atoms with van der Waals surface area (Å²) in [4.78, 5) is 198. The first-order chi connectivity index (χ1) is 55.8. The van der Waals surface area contributed by atoms with Crippen LogP contribution in [0.4, 0.5) is 11.6 Å². The highest BCUT2D eigenvalue weighted by Crippen LogP contribution is 2.59. The molecule has 0 spiro atoms. The van der Waals surface area contributed by atoms with E-state index in [0.717, 1.165) is 98.7 Å². The fraction of sp³-hybridized carbons (Fsp3) is 0.667. The van der Waals surface area contributed by atoms with Gasteiger partial charge in [0.2, 0.25) is 23.6 Å². The van der Waals surface area contributed by atoms with E-state index >= 15 is 0 Å². The summed E-state index contributed by atoms with van der Waals surface area (Å²) in [5.74, 6) is -3.45. The second-order valence-corrected chi connectivity index (χ2v) is 39.0. The largest absolute Gasteiger partial charge is 0.790 e. The van der Waals surface area contributed by atoms with Crippen LogP contribution in [0.15, 0.2) is 49.6 Å². The van der Waals surface area contributed by atoms with Gasteiger partial charge >= 0.3 is 0 Å². The van der Waals surface area contributed by atoms with Crippen molar-refractivity contribution in [1.29, 1.82) is 0 Å². The molecular formula is C66H96N14O34P6-8. The van der Waals surface area contributed by atoms with Crippen molar-refractivity contribution in [2.45, 2.75) is 206 Å². The number of aliphatic hydroxyl groups is 4. The molecule has 120 heavy (non-hydrogen) atoms. The molecular weight excluding hydrogens is 1720 g/mol. The highest BCUT2D eigenvalue weighted by atomic mass is 31.3. The lowest BCUT2D eigenvalue weighted by atomic mass is 9.81. The van der Waals surface area contributed by atoms with Crippen LogP contribution in [0, 0.1) is 21.7 Å². The van der Waals surface area contributed by atoms with E-state index in [1.54, 1.807) is 0 Å². The lowest BCUT2D eigenvalue weighted by molar-refractivity contribution is -0.348. The zero-order valence-electron chi connectivity index (χ0n) is 65.8. The Morgan fingerprint density at radius 3 is 1.34 bits per heavy atom. The van der Waals surface area contributed by atoms with Gasteiger partial charge in [-0.2, -0.15) is 0 Å². The van der Waals surface area contributed by atoms with Gasteiger partial charge in [-0.3, -0.25) is 56.2 Å². The molecule has 3 aliphatic rings. The summed E-state index contributed by atoms with van der Waals surface area (Å²) in [6, 6.07) is 8.17. The van der Waals surface area contributed by atoms with Gasteiger partial charge in [0.1, 0.15) is 84.1 Å². The van der Waals surface area contributed by atoms with Crippen molar-refractivity contribution in [3.8, 4) is 0 Å². The van der Waals surface area contributed by atoms with Gasteiger partial charge in [-0.25, -0.2) is 38.5 Å². The number of unbranched alkanes of at least 4 members (excludes halogenated alkanes) is 4. The molecule has 0 bridgehead atoms. The Bertz CT molecular complexity index is 4440. The molecule has 12 N–H and O–H groups in total. The Morgan fingerprint density at radius 1 is 0.542 bits per heavy atom. The van der Waals surface area contributed by atoms with Crippen LogP contribution in [0.3, 0.4) is 0 Å². The molecule has 4 aromatic heterocycles. The zero-order chi connectivity index (χ0) is 88.8. The number of nitrogens with two attached hydrogens (primary N) is 2. The van der Waals surface area contributed by atoms with E-state index in [9.17, 15) is 116 Å². The number of fused-ring (bicyclic) bond motifs is 2. The number of phosphoric ester groups is 6. The number of carbonyl (C=O) groups excluding carboxylic acids is 6. The average molecular weight is 1820 g/mol. The predicted octanol–water partition coefficient (Wildman–Crippen LogP) is -2.60. The summed E-state index contributed by atoms with van der Waals surface area (Å²) < 4.78 is 123. The smallest absolute Gasteiger partial charge is 0.274 e. The van der Waals surface area contributed by atoms with Crippen LogP contribution in [0.5, 0.6) is 0 Å². The Kier molecular flexibility index (Phi) is 34.4. The van der Waals surface area contributed by atoms with Crippen LogP contribution in [-0.2, 0) is 114 Å². The molecule has 6 heterocycles. The monoisotopic (exact) mass is 1810 g/mol. The third-order valence-corrected chi connectivity index (χ3v) is 26.1. The molecule has 672 valence electrons. The fourth-order valence-electron chi connectivity index (χ4n) is 13.1. The number of nitrogens with one attached hydrogen (secondary N) is 4. The van der Waals surface area contributed by atoms with E-state index < -0.39 is 180 Å². The van der Waals surface area contributed by atoms with Crippen LogP contribution >= 0.6 is 46.9 Å². The Labute approximate surface area is 686 Å². The van der Waals surface area contributed by atoms with E-state index in [2.05, 4.69) is 99.1 Å². The van der Waals surface area contributed by atoms with E-state index in [1.165, 1.54) is 38.8 Å². The van der Waals surface area contributed by atoms with Crippen molar-refractivity contribution in [2.75, 3.05) is 64.1 Å². The molecule has 1 aromatic carbocycles. The molecule has 2 aliphatic heterocycles. The number of nitrogen functional groups attached to an aromatic ring is 2. The van der Waals surface area contributed by atoms with Crippen molar-refractivity contribution in [3.63, 3.8) is 0 Å². The van der Waals surface area contributed by atoms with E-state index in [-0.39, 0.29) is 97.4 Å². The summed E-state index contributed by atoms with van der Waals surface area (Å²) in [5, 5.41) is 53.3. The van der Waals surface area contributed by atoms with Gasteiger partial charge in [0.25, 0.3) is 31.3 Å². The standard InChI is InChI=1S/C66H104N14O34P6/c1-63(2,43(81)19-27-69-45(83)21-29-71-59(89)53(87)64(3,4)33-107-119(101,102)113-117(97,98)105-31-41-51(111-115(91,92)93)49(85)61(109-41)79-37-77-47-55(67)73-35-75-57(47)79)23-13-7-9-15-39-17-11-12-18-40(39)16-10-8-14-24-66(25-26-66)44(82)20-28-70-46(84)22-30-72-60(90)54(88)65(5,6)34-108-120(103,104)114-118(99,100)106-32-42-52(112-116(94,95)96)50(86)62(110-42)80-38-78-48-56(68)74-36-76-58(48)80/h11-12,17-18,35-38,41-42,49-54,61-62,85-88H,7-10,13-16,19-34H2,1-6H3,(H,69,83)(H,70,84)(H,71,89)(H,72,90)(H,97,98)(H,99,100)(H,101,102)(H,103,104)(H2,67,73,75)(H2,68,74,76)(H2,91,92,93)(H2,94,95,96)/p-8. The molecule has 1 aliphatic carbocycles. The lowest BCUT2D eigenvalue weighted by Gasteiger charge is -2.36. The Morgan fingerprint density at radius 2 is 0.933 bits per heavy atom. The van der Waals surface area contributed by atoms with Crippen molar-refractivity contribution in [1.82, 2.24) is 60.3 Å². The predicted molar refractivity (Wildman–Crippen MR) is 397 cm³/mol. The minimum atomic E-state index is -5.99. The first-order valence-corrected chi connectivity index (χ1v) is 46.4. The third-order valence-electron chi connectivity index (χ3n) is 20.1. The molecule has 0 radical (unpaired) electrons. The number of aliphatic hydroxyl groups excluding tert-OH is 4. The SMILES string of the molecule is CC(C)(CCCCCc1ccccc1CCCCCC1(C(=O)CCNC(=O)CCNC(=O)C(O)C(C)(C)COP(=O)([O-])OP(=O)([O-])OCC2OC(n3cnc4c(N)ncnc43)C(O)C2OP(=O)([O-])[O-])CC1)C(=O)CCNC(=O)CCNC(=O)C(O)C(C)(C)COP(=O)([O-])OP(=O)([O-])OCC1OC(n2cnc3c(N)ncnc32)C(O)C1OP(=O)([O-])[O-]. The van der Waals surface area contributed by atoms with Gasteiger partial charge in [-0.05, 0) is 62.5 Å². The number of aromatic nitrogens is 8. The van der Waals surface area contributed by atoms with E-state index in [0.29, 0.717) is 12.8 Å². The van der Waals surface area contributed by atoms with Gasteiger partial charge in [0, 0.05) is 73.5 Å². The Balaban J connectivity index is 0.636. The number of hydrogen-bond acceptors (Lipinski definition) is 42. The first-order valence-electron chi connectivity index (χ1n) is 37.6. The van der Waals surface area contributed by atoms with Crippen molar-refractivity contribution in [2.24, 2.45) is 21.7 Å². The number of phosphoric acid groups is 6. The Hall–Kier alpha value is -6.36. The molecule has 5 aromatic rings. The van der Waals surface area contributed by atoms with Crippen LogP contribution in [0.25, 0.3) is 22.3 Å². The minimum absolute atomic E-state index is 0.00121. The second kappa shape index (κ2) is 41.6. The van der Waals surface area contributed by atoms with Crippen LogP contribution in [0.1, 0.15) is 155 Å². The molecule has 3 fully saturated rings. The molecule has 14 atom stereocenters. The van der Waals surface area contributed by atoms with Gasteiger partial charge in [-0.15, -0.1) is 0 Å². The maximum Gasteiger partial charge on any atom is 0.274 e. The highest BCUT2D eigenvalue weighted by Gasteiger charge is 2.51. The molecule has 4 amide bonds. The molecule has 2 saturated heterocycles. The summed E-state index contributed by atoms with van der Waals surface area (Å²) in [6.07, 6.45) is -6.26. The molecule has 14 unspecified atom stereocenters. The van der Waals surface area contributed by atoms with Gasteiger partial charge in [0.05, 0.1) is 54.7 Å². The topological polar surface area (TPSA) is 750 Å². The number of hydrogen-bond donors (Lipinski definition) is 10. The number of ether oxygens (including phenoxy) is 2. The number of Topliss-reactive ketones (excluding diaryl/α,β-unsaturated/α-hetero) is 2. The maximum atomic E-state index is 13.4. The molecule has 48 nitrogen and oxygen atoms in total. The number of carbonyl (C=O) groups is 6. The summed E-state index contributed by atoms with van der Waals surface area (Å²) in [6.45, 7) is 3.10. The number of ketones is 2. The summed E-state index contributed by atoms with van der Waals surface area (Å²) in [5.41, 5.74) is 9.26. The van der Waals surface area contributed by atoms with Crippen LogP contribution < -0.4 is 71.9 Å². The van der Waals surface area contributed by atoms with Gasteiger partial charge < -0.3 is 138 Å². The number of aryl methyl sites for hydroxylation is 2. The number of nitrogens with zero attached hydrogens (tertiary/aromatic N) is 8. The van der Waals surface area contributed by atoms with Gasteiger partial charge in [-0.1, -0.05) is 91.5 Å². The highest BCUT2D eigenvalue weighted by molar-refractivity contribution is 7.60. The molecule has 1 saturated carbocycles. The zero-order valence-corrected chi connectivity index (χ0v) is 71.2. The number of rotatable bonds is 52. The molecule has 8 rings (SSSR count). The molecule has 54 heteroatoms. The number of amides is 4. The first kappa shape index (κ1) is 99.1. The number of anilines is 2. The van der Waals surface area contributed by atoms with Crippen molar-refractivity contribution < 1.29 is 161 Å². The summed E-state index contributed by atoms with van der Waals surface area (Å²) in [7, 11) is -35.6. The quantitative estimate of drug-likeness (QED) is 0.0141. The van der Waals surface area contributed by atoms with Crippen LogP contribution in [0.2, 0.25) is 0 Å². The van der Waals surface area contributed by atoms with E-state index in [4.69, 9.17) is 20.9 Å². The normalized spacial score (nSPS) is 22.2. The number of imidazole rings is 2. The van der Waals surface area contributed by atoms with Crippen LogP contribution in [-0.4, -0.2) is 196 Å². The van der Waals surface area contributed by atoms with Crippen molar-refractivity contribution in [3.05, 3.63) is 60.7 Å². The minimum Gasteiger partial charge on any atom is -0.790 e. The second-order valence-electron chi connectivity index (χ2n) is 30.9. The lowest BCUT2D eigenvalue weighted by Crippen LogP contribution is -2.46. The van der Waals surface area contributed by atoms with E-state index in [1.807, 2.05) is 26.0 Å². The average Bonchev–Trinajstić information content (AvgIpc) is 1.63. The fourth-order valence-corrected chi connectivity index (χ4v) is 18.6.